The van der Waals surface area contributed by atoms with E-state index < -0.39 is 0 Å². The maximum Gasteiger partial charge on any atom is 0.275 e. The molecule has 0 aliphatic carbocycles. The van der Waals surface area contributed by atoms with Crippen molar-refractivity contribution < 1.29 is 4.79 Å². The Kier molecular flexibility index (Phi) is 4.05. The van der Waals surface area contributed by atoms with E-state index in [9.17, 15) is 4.79 Å². The van der Waals surface area contributed by atoms with Crippen LogP contribution in [0.3, 0.4) is 0 Å². The summed E-state index contributed by atoms with van der Waals surface area (Å²) >= 11 is 9.03. The first kappa shape index (κ1) is 14.3. The van der Waals surface area contributed by atoms with E-state index in [1.165, 1.54) is 11.3 Å². The van der Waals surface area contributed by atoms with Crippen molar-refractivity contribution in [1.82, 2.24) is 4.98 Å². The van der Waals surface area contributed by atoms with Crippen LogP contribution in [0.2, 0.25) is 5.02 Å². The molecule has 0 unspecified atom stereocenters. The summed E-state index contributed by atoms with van der Waals surface area (Å²) in [7, 11) is 0. The van der Waals surface area contributed by atoms with Gasteiger partial charge in [0.25, 0.3) is 5.91 Å². The first-order chi connectivity index (χ1) is 10.1. The summed E-state index contributed by atoms with van der Waals surface area (Å²) in [6.45, 7) is 1.92. The fraction of sp³-hybridized carbons (Fsp3) is 0.0667. The van der Waals surface area contributed by atoms with Gasteiger partial charge in [-0.3, -0.25) is 4.79 Å². The Labute approximate surface area is 135 Å². The third kappa shape index (κ3) is 3.15. The third-order valence-electron chi connectivity index (χ3n) is 2.95. The van der Waals surface area contributed by atoms with Gasteiger partial charge in [-0.2, -0.15) is 11.3 Å². The minimum absolute atomic E-state index is 0.224. The molecular weight excluding hydrogens is 324 g/mol. The Morgan fingerprint density at radius 1 is 1.29 bits per heavy atom. The van der Waals surface area contributed by atoms with Gasteiger partial charge >= 0.3 is 0 Å². The molecule has 0 bridgehead atoms. The number of carbonyl (C=O) groups is 1. The summed E-state index contributed by atoms with van der Waals surface area (Å²) in [5.74, 6) is -0.224. The van der Waals surface area contributed by atoms with E-state index in [-0.39, 0.29) is 5.91 Å². The second kappa shape index (κ2) is 5.97. The molecule has 2 heterocycles. The van der Waals surface area contributed by atoms with Crippen LogP contribution in [0.1, 0.15) is 16.1 Å². The minimum atomic E-state index is -0.224. The summed E-state index contributed by atoms with van der Waals surface area (Å²) in [4.78, 5) is 16.6. The number of hydrogen-bond donors (Lipinski definition) is 1. The molecule has 0 aliphatic rings. The second-order valence-electron chi connectivity index (χ2n) is 4.46. The largest absolute Gasteiger partial charge is 0.320 e. The molecule has 0 radical (unpaired) electrons. The standard InChI is InChI=1S/C15H11ClN2OS2/c1-9-2-3-11(16)6-12(9)17-14(19)13-8-21-15(18-13)10-4-5-20-7-10/h2-8H,1H3,(H,17,19). The van der Waals surface area contributed by atoms with Crippen LogP contribution in [0.5, 0.6) is 0 Å². The number of thiophene rings is 1. The zero-order chi connectivity index (χ0) is 14.8. The van der Waals surface area contributed by atoms with Crippen molar-refractivity contribution in [2.45, 2.75) is 6.92 Å². The molecule has 0 spiro atoms. The highest BCUT2D eigenvalue weighted by molar-refractivity contribution is 7.14. The maximum absolute atomic E-state index is 12.3. The average Bonchev–Trinajstić information content (AvgIpc) is 3.12. The molecule has 3 rings (SSSR count). The SMILES string of the molecule is Cc1ccc(Cl)cc1NC(=O)c1csc(-c2ccsc2)n1. The molecule has 2 aromatic heterocycles. The lowest BCUT2D eigenvalue weighted by Gasteiger charge is -2.07. The Balaban J connectivity index is 1.81. The van der Waals surface area contributed by atoms with Crippen LogP contribution in [-0.4, -0.2) is 10.9 Å². The van der Waals surface area contributed by atoms with Gasteiger partial charge in [0.1, 0.15) is 10.7 Å². The fourth-order valence-electron chi connectivity index (χ4n) is 1.81. The monoisotopic (exact) mass is 334 g/mol. The molecule has 1 amide bonds. The number of halogens is 1. The number of rotatable bonds is 3. The number of nitrogens with one attached hydrogen (secondary N) is 1. The van der Waals surface area contributed by atoms with E-state index >= 15 is 0 Å². The lowest BCUT2D eigenvalue weighted by atomic mass is 10.2. The number of nitrogens with zero attached hydrogens (tertiary/aromatic N) is 1. The molecule has 0 atom stereocenters. The van der Waals surface area contributed by atoms with Gasteiger partial charge < -0.3 is 5.32 Å². The Hall–Kier alpha value is -1.69. The van der Waals surface area contributed by atoms with E-state index in [1.54, 1.807) is 28.8 Å². The van der Waals surface area contributed by atoms with Crippen molar-refractivity contribution in [3.8, 4) is 10.6 Å². The molecule has 6 heteroatoms. The highest BCUT2D eigenvalue weighted by Gasteiger charge is 2.13. The van der Waals surface area contributed by atoms with Gasteiger partial charge in [-0.1, -0.05) is 17.7 Å². The van der Waals surface area contributed by atoms with Crippen molar-refractivity contribution in [2.24, 2.45) is 0 Å². The van der Waals surface area contributed by atoms with E-state index in [2.05, 4.69) is 10.3 Å². The van der Waals surface area contributed by atoms with Gasteiger partial charge in [0, 0.05) is 27.0 Å². The molecule has 0 aliphatic heterocycles. The summed E-state index contributed by atoms with van der Waals surface area (Å²) in [5, 5.41) is 10.1. The van der Waals surface area contributed by atoms with Crippen LogP contribution >= 0.6 is 34.3 Å². The fourth-order valence-corrected chi connectivity index (χ4v) is 3.50. The number of carbonyl (C=O) groups excluding carboxylic acids is 1. The Morgan fingerprint density at radius 2 is 2.14 bits per heavy atom. The van der Waals surface area contributed by atoms with Gasteiger partial charge in [0.05, 0.1) is 0 Å². The molecule has 0 saturated carbocycles. The van der Waals surface area contributed by atoms with Gasteiger partial charge in [0.2, 0.25) is 0 Å². The molecule has 0 fully saturated rings. The lowest BCUT2D eigenvalue weighted by molar-refractivity contribution is 0.102. The summed E-state index contributed by atoms with van der Waals surface area (Å²) < 4.78 is 0. The van der Waals surface area contributed by atoms with Crippen LogP contribution in [0.4, 0.5) is 5.69 Å². The number of thiazole rings is 1. The molecular formula is C15H11ClN2OS2. The number of benzene rings is 1. The normalized spacial score (nSPS) is 10.6. The van der Waals surface area contributed by atoms with Crippen molar-refractivity contribution in [2.75, 3.05) is 5.32 Å². The summed E-state index contributed by atoms with van der Waals surface area (Å²) in [5.41, 5.74) is 3.13. The topological polar surface area (TPSA) is 42.0 Å². The first-order valence-corrected chi connectivity index (χ1v) is 8.39. The van der Waals surface area contributed by atoms with Gasteiger partial charge in [0.15, 0.2) is 0 Å². The van der Waals surface area contributed by atoms with E-state index in [4.69, 9.17) is 11.6 Å². The van der Waals surface area contributed by atoms with E-state index in [0.29, 0.717) is 16.4 Å². The van der Waals surface area contributed by atoms with Crippen LogP contribution in [-0.2, 0) is 0 Å². The number of amides is 1. The van der Waals surface area contributed by atoms with Crippen molar-refractivity contribution in [3.05, 3.63) is 56.7 Å². The zero-order valence-electron chi connectivity index (χ0n) is 11.1. The van der Waals surface area contributed by atoms with Crippen molar-refractivity contribution in [3.63, 3.8) is 0 Å². The van der Waals surface area contributed by atoms with E-state index in [0.717, 1.165) is 16.1 Å². The predicted octanol–water partition coefficient (Wildman–Crippen LogP) is 5.09. The summed E-state index contributed by atoms with van der Waals surface area (Å²) in [6.07, 6.45) is 0. The predicted molar refractivity (Wildman–Crippen MR) is 89.6 cm³/mol. The molecule has 1 aromatic carbocycles. The first-order valence-electron chi connectivity index (χ1n) is 6.19. The average molecular weight is 335 g/mol. The number of aryl methyl sites for hydroxylation is 1. The number of hydrogen-bond acceptors (Lipinski definition) is 4. The zero-order valence-corrected chi connectivity index (χ0v) is 13.5. The van der Waals surface area contributed by atoms with Gasteiger partial charge in [-0.05, 0) is 36.1 Å². The van der Waals surface area contributed by atoms with Gasteiger partial charge in [-0.25, -0.2) is 4.98 Å². The smallest absolute Gasteiger partial charge is 0.275 e. The molecule has 106 valence electrons. The third-order valence-corrected chi connectivity index (χ3v) is 4.76. The van der Waals surface area contributed by atoms with Crippen LogP contribution in [0.15, 0.2) is 40.4 Å². The molecule has 21 heavy (non-hydrogen) atoms. The summed E-state index contributed by atoms with van der Waals surface area (Å²) in [6, 6.07) is 7.40. The van der Waals surface area contributed by atoms with Crippen LogP contribution < -0.4 is 5.32 Å². The molecule has 3 nitrogen and oxygen atoms in total. The highest BCUT2D eigenvalue weighted by Crippen LogP contribution is 2.26. The Bertz CT molecular complexity index is 781. The molecule has 0 saturated heterocycles. The van der Waals surface area contributed by atoms with E-state index in [1.807, 2.05) is 29.8 Å². The van der Waals surface area contributed by atoms with Crippen molar-refractivity contribution in [1.29, 1.82) is 0 Å². The Morgan fingerprint density at radius 3 is 2.90 bits per heavy atom. The highest BCUT2D eigenvalue weighted by atomic mass is 35.5. The number of anilines is 1. The maximum atomic E-state index is 12.3. The number of aromatic nitrogens is 1. The van der Waals surface area contributed by atoms with Crippen molar-refractivity contribution >= 4 is 45.9 Å². The van der Waals surface area contributed by atoms with Crippen LogP contribution in [0.25, 0.3) is 10.6 Å². The molecule has 1 N–H and O–H groups in total. The van der Waals surface area contributed by atoms with Gasteiger partial charge in [-0.15, -0.1) is 11.3 Å². The minimum Gasteiger partial charge on any atom is -0.320 e. The molecule has 3 aromatic rings. The van der Waals surface area contributed by atoms with Crippen LogP contribution in [0, 0.1) is 6.92 Å². The second-order valence-corrected chi connectivity index (χ2v) is 6.54. The lowest BCUT2D eigenvalue weighted by Crippen LogP contribution is -2.13. The quantitative estimate of drug-likeness (QED) is 0.725.